The molecule has 18 heavy (non-hydrogen) atoms. The third-order valence-corrected chi connectivity index (χ3v) is 2.82. The van der Waals surface area contributed by atoms with Crippen molar-refractivity contribution in [3.05, 3.63) is 35.4 Å². The molecule has 1 unspecified atom stereocenters. The van der Waals surface area contributed by atoms with Crippen molar-refractivity contribution in [2.45, 2.75) is 38.2 Å². The summed E-state index contributed by atoms with van der Waals surface area (Å²) in [6.07, 6.45) is -1.90. The lowest BCUT2D eigenvalue weighted by Crippen LogP contribution is -2.41. The van der Waals surface area contributed by atoms with E-state index >= 15 is 0 Å². The SMILES string of the molecule is CCCc1ccc(C(NC)C(F)(F)C(F)F)cc1. The summed E-state index contributed by atoms with van der Waals surface area (Å²) in [6.45, 7) is 2.01. The van der Waals surface area contributed by atoms with Crippen LogP contribution in [0.1, 0.15) is 30.5 Å². The average molecular weight is 263 g/mol. The van der Waals surface area contributed by atoms with E-state index < -0.39 is 18.4 Å². The molecule has 5 heteroatoms. The van der Waals surface area contributed by atoms with Crippen molar-refractivity contribution < 1.29 is 17.6 Å². The molecular weight excluding hydrogens is 246 g/mol. The summed E-state index contributed by atoms with van der Waals surface area (Å²) >= 11 is 0. The van der Waals surface area contributed by atoms with Gasteiger partial charge in [-0.25, -0.2) is 8.78 Å². The van der Waals surface area contributed by atoms with E-state index in [0.717, 1.165) is 18.4 Å². The summed E-state index contributed by atoms with van der Waals surface area (Å²) in [5.74, 6) is -4.08. The monoisotopic (exact) mass is 263 g/mol. The van der Waals surface area contributed by atoms with Crippen LogP contribution in [0.5, 0.6) is 0 Å². The molecule has 1 nitrogen and oxygen atoms in total. The molecule has 0 aliphatic rings. The molecule has 0 bridgehead atoms. The van der Waals surface area contributed by atoms with Crippen molar-refractivity contribution in [1.82, 2.24) is 5.32 Å². The van der Waals surface area contributed by atoms with Crippen LogP contribution < -0.4 is 5.32 Å². The molecule has 1 aromatic rings. The quantitative estimate of drug-likeness (QED) is 0.770. The van der Waals surface area contributed by atoms with Crippen LogP contribution in [0, 0.1) is 0 Å². The van der Waals surface area contributed by atoms with Crippen LogP contribution in [0.15, 0.2) is 24.3 Å². The minimum atomic E-state index is -4.08. The summed E-state index contributed by atoms with van der Waals surface area (Å²) < 4.78 is 51.4. The fourth-order valence-corrected chi connectivity index (χ4v) is 1.87. The Hall–Kier alpha value is -1.10. The first-order valence-electron chi connectivity index (χ1n) is 5.85. The number of alkyl halides is 4. The Morgan fingerprint density at radius 3 is 2.11 bits per heavy atom. The number of nitrogens with one attached hydrogen (secondary N) is 1. The summed E-state index contributed by atoms with van der Waals surface area (Å²) in [5.41, 5.74) is 1.18. The fourth-order valence-electron chi connectivity index (χ4n) is 1.87. The summed E-state index contributed by atoms with van der Waals surface area (Å²) in [6, 6.07) is 4.67. The van der Waals surface area contributed by atoms with Gasteiger partial charge in [-0.3, -0.25) is 0 Å². The second-order valence-corrected chi connectivity index (χ2v) is 4.19. The molecule has 1 N–H and O–H groups in total. The molecular formula is C13H17F4N. The van der Waals surface area contributed by atoms with E-state index in [1.54, 1.807) is 12.1 Å². The Labute approximate surface area is 104 Å². The predicted octanol–water partition coefficient (Wildman–Crippen LogP) is 3.80. The zero-order valence-corrected chi connectivity index (χ0v) is 10.4. The van der Waals surface area contributed by atoms with E-state index in [2.05, 4.69) is 5.32 Å². The third-order valence-electron chi connectivity index (χ3n) is 2.82. The second kappa shape index (κ2) is 6.18. The van der Waals surface area contributed by atoms with Gasteiger partial charge < -0.3 is 5.32 Å². The minimum Gasteiger partial charge on any atom is -0.308 e. The molecule has 0 fully saturated rings. The van der Waals surface area contributed by atoms with Crippen LogP contribution in [-0.4, -0.2) is 19.4 Å². The highest BCUT2D eigenvalue weighted by atomic mass is 19.3. The Bertz CT molecular complexity index is 362. The van der Waals surface area contributed by atoms with Gasteiger partial charge in [0.2, 0.25) is 0 Å². The first-order chi connectivity index (χ1) is 8.43. The number of rotatable bonds is 6. The van der Waals surface area contributed by atoms with E-state index in [4.69, 9.17) is 0 Å². The molecule has 1 atom stereocenters. The smallest absolute Gasteiger partial charge is 0.308 e. The van der Waals surface area contributed by atoms with Gasteiger partial charge in [0.15, 0.2) is 0 Å². The van der Waals surface area contributed by atoms with Crippen molar-refractivity contribution in [1.29, 1.82) is 0 Å². The maximum Gasteiger partial charge on any atom is 0.326 e. The van der Waals surface area contributed by atoms with Crippen molar-refractivity contribution in [2.24, 2.45) is 0 Å². The number of hydrogen-bond acceptors (Lipinski definition) is 1. The molecule has 0 amide bonds. The van der Waals surface area contributed by atoms with Gasteiger partial charge in [0, 0.05) is 0 Å². The zero-order chi connectivity index (χ0) is 13.8. The Balaban J connectivity index is 2.95. The van der Waals surface area contributed by atoms with Gasteiger partial charge in [0.25, 0.3) is 0 Å². The van der Waals surface area contributed by atoms with E-state index in [-0.39, 0.29) is 5.56 Å². The van der Waals surface area contributed by atoms with Crippen LogP contribution in [0.2, 0.25) is 0 Å². The molecule has 1 rings (SSSR count). The molecule has 0 radical (unpaired) electrons. The van der Waals surface area contributed by atoms with E-state index in [9.17, 15) is 17.6 Å². The largest absolute Gasteiger partial charge is 0.326 e. The lowest BCUT2D eigenvalue weighted by Gasteiger charge is -2.26. The first-order valence-corrected chi connectivity index (χ1v) is 5.85. The maximum absolute atomic E-state index is 13.3. The Morgan fingerprint density at radius 1 is 1.17 bits per heavy atom. The van der Waals surface area contributed by atoms with Crippen LogP contribution in [0.4, 0.5) is 17.6 Å². The molecule has 1 aromatic carbocycles. The number of hydrogen-bond donors (Lipinski definition) is 1. The van der Waals surface area contributed by atoms with E-state index in [0.29, 0.717) is 0 Å². The van der Waals surface area contributed by atoms with Gasteiger partial charge in [-0.05, 0) is 24.6 Å². The lowest BCUT2D eigenvalue weighted by atomic mass is 9.98. The Kier molecular flexibility index (Phi) is 5.14. The normalized spacial score (nSPS) is 13.9. The van der Waals surface area contributed by atoms with Crippen molar-refractivity contribution in [2.75, 3.05) is 7.05 Å². The van der Waals surface area contributed by atoms with Crippen LogP contribution >= 0.6 is 0 Å². The summed E-state index contributed by atoms with van der Waals surface area (Å²) in [7, 11) is 1.25. The molecule has 0 heterocycles. The number of halogens is 4. The van der Waals surface area contributed by atoms with Gasteiger partial charge in [-0.15, -0.1) is 0 Å². The average Bonchev–Trinajstić information content (AvgIpc) is 2.32. The summed E-state index contributed by atoms with van der Waals surface area (Å²) in [4.78, 5) is 0. The lowest BCUT2D eigenvalue weighted by molar-refractivity contribution is -0.150. The molecule has 0 aliphatic heterocycles. The highest BCUT2D eigenvalue weighted by molar-refractivity contribution is 5.26. The van der Waals surface area contributed by atoms with E-state index in [1.165, 1.54) is 19.2 Å². The van der Waals surface area contributed by atoms with Crippen LogP contribution in [0.25, 0.3) is 0 Å². The van der Waals surface area contributed by atoms with Crippen LogP contribution in [0.3, 0.4) is 0 Å². The highest BCUT2D eigenvalue weighted by Gasteiger charge is 2.48. The van der Waals surface area contributed by atoms with Crippen LogP contribution in [-0.2, 0) is 6.42 Å². The van der Waals surface area contributed by atoms with Crippen molar-refractivity contribution in [3.63, 3.8) is 0 Å². The standard InChI is InChI=1S/C13H17F4N/c1-3-4-9-5-7-10(8-6-9)11(18-2)13(16,17)12(14)15/h5-8,11-12,18H,3-4H2,1-2H3. The zero-order valence-electron chi connectivity index (χ0n) is 10.4. The molecule has 0 saturated carbocycles. The minimum absolute atomic E-state index is 0.169. The highest BCUT2D eigenvalue weighted by Crippen LogP contribution is 2.36. The maximum atomic E-state index is 13.3. The first kappa shape index (κ1) is 15.0. The van der Waals surface area contributed by atoms with Crippen molar-refractivity contribution in [3.8, 4) is 0 Å². The molecule has 0 saturated heterocycles. The fraction of sp³-hybridized carbons (Fsp3) is 0.538. The summed E-state index contributed by atoms with van der Waals surface area (Å²) in [5, 5.41) is 2.26. The molecule has 0 aromatic heterocycles. The van der Waals surface area contributed by atoms with Gasteiger partial charge in [-0.1, -0.05) is 37.6 Å². The topological polar surface area (TPSA) is 12.0 Å². The number of aryl methyl sites for hydroxylation is 1. The van der Waals surface area contributed by atoms with Gasteiger partial charge in [0.05, 0.1) is 0 Å². The third kappa shape index (κ3) is 3.22. The van der Waals surface area contributed by atoms with Gasteiger partial charge in [0.1, 0.15) is 6.04 Å². The number of benzene rings is 1. The van der Waals surface area contributed by atoms with Gasteiger partial charge >= 0.3 is 12.3 Å². The molecule has 0 spiro atoms. The Morgan fingerprint density at radius 2 is 1.72 bits per heavy atom. The second-order valence-electron chi connectivity index (χ2n) is 4.19. The molecule has 102 valence electrons. The van der Waals surface area contributed by atoms with E-state index in [1.807, 2.05) is 6.92 Å². The predicted molar refractivity (Wildman–Crippen MR) is 63.2 cm³/mol. The molecule has 0 aliphatic carbocycles. The van der Waals surface area contributed by atoms with Gasteiger partial charge in [-0.2, -0.15) is 8.78 Å². The van der Waals surface area contributed by atoms with Crippen molar-refractivity contribution >= 4 is 0 Å².